The summed E-state index contributed by atoms with van der Waals surface area (Å²) >= 11 is 0. The van der Waals surface area contributed by atoms with Gasteiger partial charge in [-0.2, -0.15) is 0 Å². The SMILES string of the molecule is C[C@@H]1O[C@H](OCc2ccccc2)[C@@H]2O[C@H](c3ccccc3)O[C@@H]2[C@H]1O. The Morgan fingerprint density at radius 1 is 0.880 bits per heavy atom. The van der Waals surface area contributed by atoms with Crippen LogP contribution in [0.3, 0.4) is 0 Å². The first kappa shape index (κ1) is 16.7. The molecule has 6 atom stereocenters. The normalized spacial score (nSPS) is 34.6. The first-order chi connectivity index (χ1) is 12.2. The van der Waals surface area contributed by atoms with Crippen LogP contribution in [-0.2, 0) is 25.6 Å². The standard InChI is InChI=1S/C20H22O5/c1-13-16(21)17-18(25-19(24-17)15-10-6-3-7-11-15)20(23-13)22-12-14-8-4-2-5-9-14/h2-11,13,16-21H,12H2,1H3/t13-,16-,17+,18+,19+,20-/m0/s1. The van der Waals surface area contributed by atoms with E-state index in [1.165, 1.54) is 0 Å². The summed E-state index contributed by atoms with van der Waals surface area (Å²) in [6, 6.07) is 19.6. The lowest BCUT2D eigenvalue weighted by Crippen LogP contribution is -2.55. The number of benzene rings is 2. The van der Waals surface area contributed by atoms with Gasteiger partial charge in [0.05, 0.1) is 12.7 Å². The third kappa shape index (κ3) is 3.47. The fourth-order valence-corrected chi connectivity index (χ4v) is 3.26. The van der Waals surface area contributed by atoms with Gasteiger partial charge in [0.15, 0.2) is 12.6 Å². The number of fused-ring (bicyclic) bond motifs is 1. The summed E-state index contributed by atoms with van der Waals surface area (Å²) in [6.45, 7) is 2.23. The van der Waals surface area contributed by atoms with Crippen molar-refractivity contribution in [3.05, 3.63) is 71.8 Å². The molecule has 2 aliphatic rings. The molecule has 0 aliphatic carbocycles. The molecule has 0 radical (unpaired) electrons. The van der Waals surface area contributed by atoms with Crippen LogP contribution in [0, 0.1) is 0 Å². The van der Waals surface area contributed by atoms with Crippen molar-refractivity contribution in [3.8, 4) is 0 Å². The number of ether oxygens (including phenoxy) is 4. The first-order valence-electron chi connectivity index (χ1n) is 8.57. The Bertz CT molecular complexity index is 677. The minimum atomic E-state index is -0.754. The number of aliphatic hydroxyl groups excluding tert-OH is 1. The molecule has 0 bridgehead atoms. The molecule has 132 valence electrons. The van der Waals surface area contributed by atoms with Crippen LogP contribution < -0.4 is 0 Å². The lowest BCUT2D eigenvalue weighted by atomic mass is 10.00. The highest BCUT2D eigenvalue weighted by Crippen LogP contribution is 2.39. The van der Waals surface area contributed by atoms with E-state index in [2.05, 4.69) is 0 Å². The van der Waals surface area contributed by atoms with Gasteiger partial charge in [0.2, 0.25) is 0 Å². The van der Waals surface area contributed by atoms with Gasteiger partial charge >= 0.3 is 0 Å². The Hall–Kier alpha value is -1.76. The van der Waals surface area contributed by atoms with Crippen LogP contribution in [0.4, 0.5) is 0 Å². The molecule has 0 spiro atoms. The van der Waals surface area contributed by atoms with E-state index in [1.54, 1.807) is 0 Å². The summed E-state index contributed by atoms with van der Waals surface area (Å²) in [5.74, 6) is 0. The second-order valence-corrected chi connectivity index (χ2v) is 6.44. The van der Waals surface area contributed by atoms with Gasteiger partial charge in [0.1, 0.15) is 18.3 Å². The summed E-state index contributed by atoms with van der Waals surface area (Å²) in [5, 5.41) is 10.4. The Labute approximate surface area is 147 Å². The molecule has 2 fully saturated rings. The molecule has 2 aromatic rings. The highest BCUT2D eigenvalue weighted by Gasteiger charge is 2.52. The minimum absolute atomic E-state index is 0.389. The van der Waals surface area contributed by atoms with Crippen molar-refractivity contribution in [2.45, 2.75) is 50.5 Å². The van der Waals surface area contributed by atoms with Crippen LogP contribution in [0.2, 0.25) is 0 Å². The maximum Gasteiger partial charge on any atom is 0.187 e. The number of rotatable bonds is 4. The van der Waals surface area contributed by atoms with E-state index in [0.717, 1.165) is 11.1 Å². The van der Waals surface area contributed by atoms with Crippen molar-refractivity contribution in [2.75, 3.05) is 0 Å². The molecule has 0 amide bonds. The van der Waals surface area contributed by atoms with E-state index in [-0.39, 0.29) is 6.10 Å². The predicted molar refractivity (Wildman–Crippen MR) is 90.5 cm³/mol. The summed E-state index contributed by atoms with van der Waals surface area (Å²) in [5.41, 5.74) is 1.97. The Morgan fingerprint density at radius 2 is 1.52 bits per heavy atom. The van der Waals surface area contributed by atoms with E-state index in [1.807, 2.05) is 67.6 Å². The minimum Gasteiger partial charge on any atom is -0.388 e. The van der Waals surface area contributed by atoms with Crippen molar-refractivity contribution in [2.24, 2.45) is 0 Å². The average Bonchev–Trinajstić information content (AvgIpc) is 3.11. The van der Waals surface area contributed by atoms with Gasteiger partial charge in [0, 0.05) is 5.56 Å². The summed E-state index contributed by atoms with van der Waals surface area (Å²) < 4.78 is 23.8. The molecule has 2 saturated heterocycles. The smallest absolute Gasteiger partial charge is 0.187 e. The van der Waals surface area contributed by atoms with Crippen molar-refractivity contribution in [1.29, 1.82) is 0 Å². The Kier molecular flexibility index (Phi) is 4.83. The quantitative estimate of drug-likeness (QED) is 0.926. The maximum absolute atomic E-state index is 10.4. The van der Waals surface area contributed by atoms with E-state index in [9.17, 15) is 5.11 Å². The number of aliphatic hydroxyl groups is 1. The van der Waals surface area contributed by atoms with Crippen LogP contribution in [0.1, 0.15) is 24.3 Å². The zero-order valence-electron chi connectivity index (χ0n) is 14.0. The zero-order chi connectivity index (χ0) is 17.2. The van der Waals surface area contributed by atoms with Gasteiger partial charge in [-0.3, -0.25) is 0 Å². The highest BCUT2D eigenvalue weighted by atomic mass is 16.8. The van der Waals surface area contributed by atoms with Crippen LogP contribution in [0.25, 0.3) is 0 Å². The molecule has 2 heterocycles. The topological polar surface area (TPSA) is 57.2 Å². The van der Waals surface area contributed by atoms with Gasteiger partial charge in [-0.15, -0.1) is 0 Å². The number of hydrogen-bond donors (Lipinski definition) is 1. The van der Waals surface area contributed by atoms with Crippen molar-refractivity contribution >= 4 is 0 Å². The molecule has 1 N–H and O–H groups in total. The zero-order valence-corrected chi connectivity index (χ0v) is 14.0. The molecule has 0 saturated carbocycles. The van der Waals surface area contributed by atoms with Gasteiger partial charge in [0.25, 0.3) is 0 Å². The Morgan fingerprint density at radius 3 is 2.24 bits per heavy atom. The van der Waals surface area contributed by atoms with Gasteiger partial charge in [-0.25, -0.2) is 0 Å². The van der Waals surface area contributed by atoms with Crippen LogP contribution in [0.5, 0.6) is 0 Å². The van der Waals surface area contributed by atoms with Crippen molar-refractivity contribution in [1.82, 2.24) is 0 Å². The second kappa shape index (κ2) is 7.23. The number of hydrogen-bond acceptors (Lipinski definition) is 5. The van der Waals surface area contributed by atoms with Crippen LogP contribution in [0.15, 0.2) is 60.7 Å². The van der Waals surface area contributed by atoms with Crippen LogP contribution in [-0.4, -0.2) is 35.8 Å². The van der Waals surface area contributed by atoms with Crippen molar-refractivity contribution in [3.63, 3.8) is 0 Å². The fourth-order valence-electron chi connectivity index (χ4n) is 3.26. The van der Waals surface area contributed by atoms with Crippen molar-refractivity contribution < 1.29 is 24.1 Å². The largest absolute Gasteiger partial charge is 0.388 e. The van der Waals surface area contributed by atoms with E-state index < -0.39 is 30.9 Å². The van der Waals surface area contributed by atoms with Crippen LogP contribution >= 0.6 is 0 Å². The monoisotopic (exact) mass is 342 g/mol. The molecule has 5 nitrogen and oxygen atoms in total. The highest BCUT2D eigenvalue weighted by molar-refractivity contribution is 5.17. The Balaban J connectivity index is 1.48. The molecule has 5 heteroatoms. The van der Waals surface area contributed by atoms with E-state index >= 15 is 0 Å². The van der Waals surface area contributed by atoms with E-state index in [0.29, 0.717) is 6.61 Å². The molecule has 2 aromatic carbocycles. The molecular formula is C20H22O5. The lowest BCUT2D eigenvalue weighted by Gasteiger charge is -2.38. The molecule has 2 aliphatic heterocycles. The summed E-state index contributed by atoms with van der Waals surface area (Å²) in [7, 11) is 0. The fraction of sp³-hybridized carbons (Fsp3) is 0.400. The molecule has 4 rings (SSSR count). The molecule has 0 aromatic heterocycles. The summed E-state index contributed by atoms with van der Waals surface area (Å²) in [6.07, 6.45) is -3.20. The second-order valence-electron chi connectivity index (χ2n) is 6.44. The van der Waals surface area contributed by atoms with Gasteiger partial charge < -0.3 is 24.1 Å². The molecule has 0 unspecified atom stereocenters. The lowest BCUT2D eigenvalue weighted by molar-refractivity contribution is -0.274. The first-order valence-corrected chi connectivity index (χ1v) is 8.57. The molecule has 25 heavy (non-hydrogen) atoms. The van der Waals surface area contributed by atoms with Gasteiger partial charge in [-0.1, -0.05) is 60.7 Å². The average molecular weight is 342 g/mol. The predicted octanol–water partition coefficient (Wildman–Crippen LogP) is 2.79. The van der Waals surface area contributed by atoms with Gasteiger partial charge in [-0.05, 0) is 12.5 Å². The van der Waals surface area contributed by atoms with E-state index in [4.69, 9.17) is 18.9 Å². The maximum atomic E-state index is 10.4. The third-order valence-corrected chi connectivity index (χ3v) is 4.65. The summed E-state index contributed by atoms with van der Waals surface area (Å²) in [4.78, 5) is 0. The molecular weight excluding hydrogens is 320 g/mol. The third-order valence-electron chi connectivity index (χ3n) is 4.65.